The van der Waals surface area contributed by atoms with Gasteiger partial charge in [0.2, 0.25) is 12.0 Å². The van der Waals surface area contributed by atoms with Gasteiger partial charge in [-0.3, -0.25) is 0 Å². The fourth-order valence-electron chi connectivity index (χ4n) is 1.76. The number of esters is 1. The summed E-state index contributed by atoms with van der Waals surface area (Å²) in [6, 6.07) is 3.27. The normalized spacial score (nSPS) is 11.2. The second kappa shape index (κ2) is 8.89. The molecular formula is C16H13ClFN3O5. The van der Waals surface area contributed by atoms with Crippen LogP contribution in [0.25, 0.3) is 0 Å². The molecule has 0 saturated carbocycles. The Bertz CT molecular complexity index is 858. The first-order chi connectivity index (χ1) is 12.4. The van der Waals surface area contributed by atoms with Gasteiger partial charge in [-0.15, -0.1) is 0 Å². The van der Waals surface area contributed by atoms with Crippen LogP contribution in [0, 0.1) is 5.82 Å². The Morgan fingerprint density at radius 1 is 1.46 bits per heavy atom. The SMILES string of the molecule is CCOC(=O)C(C)Oc1ccnc(Oc2cc(N=C=O)c(F)cc2Cl)n1. The minimum absolute atomic E-state index is 0.0299. The van der Waals surface area contributed by atoms with Crippen LogP contribution in [0.1, 0.15) is 13.8 Å². The van der Waals surface area contributed by atoms with Crippen molar-refractivity contribution < 1.29 is 28.2 Å². The molecule has 0 fully saturated rings. The maximum atomic E-state index is 13.6. The van der Waals surface area contributed by atoms with Crippen LogP contribution < -0.4 is 9.47 Å². The Kier molecular flexibility index (Phi) is 6.60. The lowest BCUT2D eigenvalue weighted by atomic mass is 10.3. The number of hydrogen-bond donors (Lipinski definition) is 0. The summed E-state index contributed by atoms with van der Waals surface area (Å²) >= 11 is 5.90. The molecule has 0 aliphatic carbocycles. The van der Waals surface area contributed by atoms with E-state index in [1.807, 2.05) is 0 Å². The van der Waals surface area contributed by atoms with Crippen molar-refractivity contribution >= 4 is 29.3 Å². The van der Waals surface area contributed by atoms with Crippen molar-refractivity contribution in [2.45, 2.75) is 20.0 Å². The summed E-state index contributed by atoms with van der Waals surface area (Å²) < 4.78 is 29.2. The molecule has 0 amide bonds. The van der Waals surface area contributed by atoms with Gasteiger partial charge in [0, 0.05) is 18.3 Å². The van der Waals surface area contributed by atoms with Crippen LogP contribution in [-0.4, -0.2) is 34.7 Å². The maximum absolute atomic E-state index is 13.6. The van der Waals surface area contributed by atoms with E-state index in [-0.39, 0.29) is 35.0 Å². The van der Waals surface area contributed by atoms with Gasteiger partial charge in [-0.2, -0.15) is 9.98 Å². The van der Waals surface area contributed by atoms with E-state index in [0.29, 0.717) is 0 Å². The molecule has 0 aliphatic heterocycles. The second-order valence-electron chi connectivity index (χ2n) is 4.73. The van der Waals surface area contributed by atoms with Crippen LogP contribution in [0.2, 0.25) is 5.02 Å². The Morgan fingerprint density at radius 2 is 2.23 bits per heavy atom. The molecule has 1 aromatic carbocycles. The molecule has 0 radical (unpaired) electrons. The van der Waals surface area contributed by atoms with Gasteiger partial charge >= 0.3 is 12.0 Å². The summed E-state index contributed by atoms with van der Waals surface area (Å²) in [6.07, 6.45) is 1.67. The first-order valence-corrected chi connectivity index (χ1v) is 7.73. The molecule has 1 heterocycles. The minimum atomic E-state index is -0.888. The van der Waals surface area contributed by atoms with Gasteiger partial charge in [0.15, 0.2) is 17.7 Å². The van der Waals surface area contributed by atoms with E-state index in [2.05, 4.69) is 15.0 Å². The van der Waals surface area contributed by atoms with Crippen LogP contribution in [0.5, 0.6) is 17.6 Å². The molecule has 0 N–H and O–H groups in total. The van der Waals surface area contributed by atoms with Gasteiger partial charge in [-0.05, 0) is 19.9 Å². The third-order valence-electron chi connectivity index (χ3n) is 2.89. The number of carbonyl (C=O) groups is 1. The minimum Gasteiger partial charge on any atom is -0.463 e. The third-order valence-corrected chi connectivity index (χ3v) is 3.19. The van der Waals surface area contributed by atoms with Crippen molar-refractivity contribution in [2.75, 3.05) is 6.61 Å². The number of carbonyl (C=O) groups excluding carboxylic acids is 2. The number of benzene rings is 1. The molecule has 0 bridgehead atoms. The fraction of sp³-hybridized carbons (Fsp3) is 0.250. The zero-order chi connectivity index (χ0) is 19.1. The van der Waals surface area contributed by atoms with Gasteiger partial charge in [0.25, 0.3) is 0 Å². The van der Waals surface area contributed by atoms with E-state index in [1.54, 1.807) is 6.92 Å². The van der Waals surface area contributed by atoms with Crippen LogP contribution in [0.4, 0.5) is 10.1 Å². The number of aromatic nitrogens is 2. The summed E-state index contributed by atoms with van der Waals surface area (Å²) in [6.45, 7) is 3.40. The predicted molar refractivity (Wildman–Crippen MR) is 88.0 cm³/mol. The van der Waals surface area contributed by atoms with E-state index in [4.69, 9.17) is 25.8 Å². The quantitative estimate of drug-likeness (QED) is 0.412. The number of isocyanates is 1. The van der Waals surface area contributed by atoms with Gasteiger partial charge in [-0.1, -0.05) is 11.6 Å². The topological polar surface area (TPSA) is 100.0 Å². The summed E-state index contributed by atoms with van der Waals surface area (Å²) in [5, 5.41) is -0.0813. The molecule has 0 aliphatic rings. The molecule has 136 valence electrons. The van der Waals surface area contributed by atoms with Crippen molar-refractivity contribution in [2.24, 2.45) is 4.99 Å². The van der Waals surface area contributed by atoms with Crippen LogP contribution in [-0.2, 0) is 14.3 Å². The highest BCUT2D eigenvalue weighted by Crippen LogP contribution is 2.34. The van der Waals surface area contributed by atoms with Crippen molar-refractivity contribution in [3.8, 4) is 17.6 Å². The number of rotatable bonds is 7. The summed E-state index contributed by atoms with van der Waals surface area (Å²) in [7, 11) is 0. The first-order valence-electron chi connectivity index (χ1n) is 7.35. The molecule has 2 aromatic rings. The molecule has 10 heteroatoms. The fourth-order valence-corrected chi connectivity index (χ4v) is 1.95. The lowest BCUT2D eigenvalue weighted by Crippen LogP contribution is -2.26. The van der Waals surface area contributed by atoms with E-state index < -0.39 is 17.9 Å². The Hall–Kier alpha value is -3.03. The molecule has 0 saturated heterocycles. The zero-order valence-corrected chi connectivity index (χ0v) is 14.5. The Labute approximate surface area is 152 Å². The van der Waals surface area contributed by atoms with Crippen molar-refractivity contribution in [3.05, 3.63) is 35.2 Å². The Morgan fingerprint density at radius 3 is 2.92 bits per heavy atom. The van der Waals surface area contributed by atoms with Gasteiger partial charge < -0.3 is 14.2 Å². The largest absolute Gasteiger partial charge is 0.463 e. The zero-order valence-electron chi connectivity index (χ0n) is 13.7. The molecule has 0 spiro atoms. The number of halogens is 2. The average molecular weight is 382 g/mol. The van der Waals surface area contributed by atoms with E-state index in [9.17, 15) is 14.0 Å². The molecule has 2 rings (SSSR count). The number of nitrogens with zero attached hydrogens (tertiary/aromatic N) is 3. The molecule has 1 aromatic heterocycles. The highest BCUT2D eigenvalue weighted by atomic mass is 35.5. The molecule has 1 atom stereocenters. The van der Waals surface area contributed by atoms with E-state index >= 15 is 0 Å². The van der Waals surface area contributed by atoms with Crippen LogP contribution >= 0.6 is 11.6 Å². The van der Waals surface area contributed by atoms with E-state index in [1.165, 1.54) is 25.3 Å². The number of aliphatic imine (C=N–C) groups is 1. The lowest BCUT2D eigenvalue weighted by Gasteiger charge is -2.13. The van der Waals surface area contributed by atoms with Crippen LogP contribution in [0.15, 0.2) is 29.4 Å². The van der Waals surface area contributed by atoms with Crippen molar-refractivity contribution in [1.29, 1.82) is 0 Å². The summed E-state index contributed by atoms with van der Waals surface area (Å²) in [5.41, 5.74) is -0.303. The highest BCUT2D eigenvalue weighted by Gasteiger charge is 2.17. The molecule has 8 nitrogen and oxygen atoms in total. The summed E-state index contributed by atoms with van der Waals surface area (Å²) in [4.78, 5) is 32.9. The predicted octanol–water partition coefficient (Wildman–Crippen LogP) is 3.36. The monoisotopic (exact) mass is 381 g/mol. The first kappa shape index (κ1) is 19.3. The van der Waals surface area contributed by atoms with Gasteiger partial charge in [0.1, 0.15) is 5.69 Å². The Balaban J connectivity index is 2.20. The van der Waals surface area contributed by atoms with Gasteiger partial charge in [-0.25, -0.2) is 19.0 Å². The third kappa shape index (κ3) is 4.98. The standard InChI is InChI=1S/C16H13ClFN3O5/c1-3-24-15(23)9(2)25-14-4-5-19-16(21-14)26-13-7-12(20-8-22)11(18)6-10(13)17/h4-7,9H,3H2,1-2H3. The lowest BCUT2D eigenvalue weighted by molar-refractivity contribution is -0.150. The van der Waals surface area contributed by atoms with Crippen molar-refractivity contribution in [3.63, 3.8) is 0 Å². The molecule has 1 unspecified atom stereocenters. The van der Waals surface area contributed by atoms with E-state index in [0.717, 1.165) is 12.1 Å². The molecular weight excluding hydrogens is 369 g/mol. The van der Waals surface area contributed by atoms with Gasteiger partial charge in [0.05, 0.1) is 11.6 Å². The van der Waals surface area contributed by atoms with Crippen molar-refractivity contribution in [1.82, 2.24) is 9.97 Å². The molecule has 26 heavy (non-hydrogen) atoms. The second-order valence-corrected chi connectivity index (χ2v) is 5.14. The van der Waals surface area contributed by atoms with Crippen LogP contribution in [0.3, 0.4) is 0 Å². The average Bonchev–Trinajstić information content (AvgIpc) is 2.60. The highest BCUT2D eigenvalue weighted by molar-refractivity contribution is 6.32. The summed E-state index contributed by atoms with van der Waals surface area (Å²) in [5.74, 6) is -1.34. The number of ether oxygens (including phenoxy) is 3. The smallest absolute Gasteiger partial charge is 0.347 e. The maximum Gasteiger partial charge on any atom is 0.347 e. The number of hydrogen-bond acceptors (Lipinski definition) is 8.